The number of halogens is 2. The Labute approximate surface area is 154 Å². The summed E-state index contributed by atoms with van der Waals surface area (Å²) in [6.45, 7) is 0. The average molecular weight is 485 g/mol. The molecule has 1 amide bonds. The van der Waals surface area contributed by atoms with Gasteiger partial charge in [-0.1, -0.05) is 22.0 Å². The van der Waals surface area contributed by atoms with Crippen LogP contribution in [0.3, 0.4) is 0 Å². The largest absolute Gasteiger partial charge is 0.507 e. The Balaban J connectivity index is 2.30. The van der Waals surface area contributed by atoms with E-state index in [1.807, 2.05) is 34.7 Å². The van der Waals surface area contributed by atoms with E-state index in [0.717, 1.165) is 10.5 Å². The molecule has 7 heteroatoms. The van der Waals surface area contributed by atoms with E-state index in [0.29, 0.717) is 9.26 Å². The molecule has 0 bridgehead atoms. The lowest BCUT2D eigenvalue weighted by molar-refractivity contribution is -0.112. The number of nitrogens with one attached hydrogen (secondary N) is 1. The van der Waals surface area contributed by atoms with Crippen LogP contribution in [-0.2, 0) is 4.79 Å². The zero-order valence-corrected chi connectivity index (χ0v) is 15.3. The molecule has 0 saturated heterocycles. The molecule has 0 heterocycles. The molecular formula is C16H10BrIN2O3. The standard InChI is InChI=1S/C16H10BrIN2O3/c17-11-2-1-3-12(6-11)20-16(23)10(8-19)4-9-5-13(18)15(22)7-14(9)21/h1-7,21-22H,(H,20,23)/b10-4-. The molecule has 0 atom stereocenters. The maximum absolute atomic E-state index is 12.2. The third-order valence-corrected chi connectivity index (χ3v) is 4.20. The zero-order valence-electron chi connectivity index (χ0n) is 11.5. The summed E-state index contributed by atoms with van der Waals surface area (Å²) in [5.41, 5.74) is 0.643. The van der Waals surface area contributed by atoms with Crippen molar-refractivity contribution >= 4 is 56.2 Å². The number of hydrogen-bond donors (Lipinski definition) is 3. The molecule has 116 valence electrons. The van der Waals surface area contributed by atoms with Gasteiger partial charge in [-0.15, -0.1) is 0 Å². The average Bonchev–Trinajstić information content (AvgIpc) is 2.49. The van der Waals surface area contributed by atoms with Gasteiger partial charge in [-0.05, 0) is 52.9 Å². The Bertz CT molecular complexity index is 844. The van der Waals surface area contributed by atoms with Crippen LogP contribution in [0.5, 0.6) is 11.5 Å². The second kappa shape index (κ2) is 7.48. The summed E-state index contributed by atoms with van der Waals surface area (Å²) in [6, 6.07) is 11.4. The number of benzene rings is 2. The fraction of sp³-hybridized carbons (Fsp3) is 0. The summed E-state index contributed by atoms with van der Waals surface area (Å²) in [4.78, 5) is 12.2. The molecule has 0 saturated carbocycles. The van der Waals surface area contributed by atoms with Crippen LogP contribution in [0.15, 0.2) is 46.4 Å². The minimum atomic E-state index is -0.590. The summed E-state index contributed by atoms with van der Waals surface area (Å²) in [5.74, 6) is -0.878. The van der Waals surface area contributed by atoms with Crippen LogP contribution in [-0.4, -0.2) is 16.1 Å². The molecule has 0 aliphatic heterocycles. The smallest absolute Gasteiger partial charge is 0.266 e. The number of aromatic hydroxyl groups is 2. The molecule has 0 spiro atoms. The van der Waals surface area contributed by atoms with E-state index >= 15 is 0 Å². The molecule has 0 aliphatic carbocycles. The van der Waals surface area contributed by atoms with E-state index in [9.17, 15) is 20.3 Å². The molecule has 0 aromatic heterocycles. The molecule has 2 aromatic carbocycles. The number of rotatable bonds is 3. The van der Waals surface area contributed by atoms with Crippen molar-refractivity contribution in [3.63, 3.8) is 0 Å². The van der Waals surface area contributed by atoms with E-state index in [2.05, 4.69) is 21.2 Å². The minimum Gasteiger partial charge on any atom is -0.507 e. The van der Waals surface area contributed by atoms with Gasteiger partial charge in [0.25, 0.3) is 5.91 Å². The number of carbonyl (C=O) groups is 1. The van der Waals surface area contributed by atoms with Crippen LogP contribution in [0, 0.1) is 14.9 Å². The molecule has 23 heavy (non-hydrogen) atoms. The fourth-order valence-electron chi connectivity index (χ4n) is 1.75. The summed E-state index contributed by atoms with van der Waals surface area (Å²) in [5, 5.41) is 31.1. The monoisotopic (exact) mass is 484 g/mol. The summed E-state index contributed by atoms with van der Waals surface area (Å²) in [6.07, 6.45) is 1.27. The van der Waals surface area contributed by atoms with Gasteiger partial charge in [0.15, 0.2) is 0 Å². The maximum Gasteiger partial charge on any atom is 0.266 e. The Morgan fingerprint density at radius 3 is 2.65 bits per heavy atom. The highest BCUT2D eigenvalue weighted by Gasteiger charge is 2.12. The first-order valence-corrected chi connectivity index (χ1v) is 8.18. The number of phenolic OH excluding ortho intramolecular Hbond substituents is 2. The Morgan fingerprint density at radius 1 is 1.26 bits per heavy atom. The highest BCUT2D eigenvalue weighted by atomic mass is 127. The molecule has 0 aliphatic rings. The molecule has 3 N–H and O–H groups in total. The van der Waals surface area contributed by atoms with Gasteiger partial charge in [0.2, 0.25) is 0 Å². The van der Waals surface area contributed by atoms with Crippen LogP contribution < -0.4 is 5.32 Å². The Hall–Kier alpha value is -2.05. The van der Waals surface area contributed by atoms with E-state index in [1.165, 1.54) is 12.1 Å². The van der Waals surface area contributed by atoms with Crippen LogP contribution in [0.25, 0.3) is 6.08 Å². The van der Waals surface area contributed by atoms with Gasteiger partial charge in [0, 0.05) is 21.8 Å². The molecular weight excluding hydrogens is 475 g/mol. The summed E-state index contributed by atoms with van der Waals surface area (Å²) in [7, 11) is 0. The number of nitriles is 1. The van der Waals surface area contributed by atoms with E-state index in [-0.39, 0.29) is 22.6 Å². The third-order valence-electron chi connectivity index (χ3n) is 2.84. The topological polar surface area (TPSA) is 93.3 Å². The van der Waals surface area contributed by atoms with Gasteiger partial charge in [-0.25, -0.2) is 0 Å². The molecule has 0 radical (unpaired) electrons. The van der Waals surface area contributed by atoms with Crippen LogP contribution in [0.4, 0.5) is 5.69 Å². The molecule has 5 nitrogen and oxygen atoms in total. The Morgan fingerprint density at radius 2 is 2.00 bits per heavy atom. The zero-order chi connectivity index (χ0) is 17.0. The number of anilines is 1. The van der Waals surface area contributed by atoms with E-state index in [4.69, 9.17) is 0 Å². The predicted octanol–water partition coefficient (Wildman–Crippen LogP) is 4.01. The van der Waals surface area contributed by atoms with Gasteiger partial charge in [0.05, 0.1) is 3.57 Å². The Kier molecular flexibility index (Phi) is 5.63. The van der Waals surface area contributed by atoms with E-state index in [1.54, 1.807) is 18.2 Å². The number of nitrogens with zero attached hydrogens (tertiary/aromatic N) is 1. The highest BCUT2D eigenvalue weighted by Crippen LogP contribution is 2.30. The van der Waals surface area contributed by atoms with Crippen molar-refractivity contribution in [1.29, 1.82) is 5.26 Å². The number of amides is 1. The number of phenols is 2. The molecule has 0 unspecified atom stereocenters. The van der Waals surface area contributed by atoms with Crippen LogP contribution in [0.1, 0.15) is 5.56 Å². The quantitative estimate of drug-likeness (QED) is 0.348. The van der Waals surface area contributed by atoms with Gasteiger partial charge < -0.3 is 15.5 Å². The normalized spacial score (nSPS) is 10.9. The SMILES string of the molecule is N#C/C(=C/c1cc(I)c(O)cc1O)C(=O)Nc1cccc(Br)c1. The van der Waals surface area contributed by atoms with Gasteiger partial charge in [-0.2, -0.15) is 5.26 Å². The summed E-state index contributed by atoms with van der Waals surface area (Å²) >= 11 is 5.18. The maximum atomic E-state index is 12.2. The number of carbonyl (C=O) groups excluding carboxylic acids is 1. The van der Waals surface area contributed by atoms with Crippen molar-refractivity contribution in [2.45, 2.75) is 0 Å². The van der Waals surface area contributed by atoms with Gasteiger partial charge in [-0.3, -0.25) is 4.79 Å². The van der Waals surface area contributed by atoms with Crippen molar-refractivity contribution in [3.8, 4) is 17.6 Å². The lowest BCUT2D eigenvalue weighted by Crippen LogP contribution is -2.13. The van der Waals surface area contributed by atoms with Crippen molar-refractivity contribution in [2.75, 3.05) is 5.32 Å². The second-order valence-corrected chi connectivity index (χ2v) is 6.57. The molecule has 0 fully saturated rings. The highest BCUT2D eigenvalue weighted by molar-refractivity contribution is 14.1. The molecule has 2 aromatic rings. The predicted molar refractivity (Wildman–Crippen MR) is 98.9 cm³/mol. The van der Waals surface area contributed by atoms with Crippen molar-refractivity contribution in [2.24, 2.45) is 0 Å². The van der Waals surface area contributed by atoms with Crippen LogP contribution >= 0.6 is 38.5 Å². The summed E-state index contributed by atoms with van der Waals surface area (Å²) < 4.78 is 1.29. The lowest BCUT2D eigenvalue weighted by Gasteiger charge is -2.06. The third kappa shape index (κ3) is 4.46. The van der Waals surface area contributed by atoms with Gasteiger partial charge >= 0.3 is 0 Å². The van der Waals surface area contributed by atoms with Crippen molar-refractivity contribution in [3.05, 3.63) is 55.6 Å². The lowest BCUT2D eigenvalue weighted by atomic mass is 10.1. The van der Waals surface area contributed by atoms with Crippen molar-refractivity contribution < 1.29 is 15.0 Å². The first kappa shape index (κ1) is 17.3. The fourth-order valence-corrected chi connectivity index (χ4v) is 2.64. The second-order valence-electron chi connectivity index (χ2n) is 4.50. The first-order valence-electron chi connectivity index (χ1n) is 6.31. The number of hydrogen-bond acceptors (Lipinski definition) is 4. The van der Waals surface area contributed by atoms with E-state index < -0.39 is 5.91 Å². The first-order chi connectivity index (χ1) is 10.9. The van der Waals surface area contributed by atoms with Gasteiger partial charge in [0.1, 0.15) is 23.1 Å². The molecule has 2 rings (SSSR count). The minimum absolute atomic E-state index is 0.0719. The van der Waals surface area contributed by atoms with Crippen molar-refractivity contribution in [1.82, 2.24) is 0 Å². The van der Waals surface area contributed by atoms with Crippen LogP contribution in [0.2, 0.25) is 0 Å².